The molecule has 98 valence electrons. The minimum atomic E-state index is -0.594. The minimum absolute atomic E-state index is 0.0553. The van der Waals surface area contributed by atoms with Gasteiger partial charge in [-0.2, -0.15) is 0 Å². The zero-order valence-electron chi connectivity index (χ0n) is 9.98. The Hall–Kier alpha value is -1.95. The van der Waals surface area contributed by atoms with Gasteiger partial charge in [-0.25, -0.2) is 9.37 Å². The summed E-state index contributed by atoms with van der Waals surface area (Å²) in [4.78, 5) is 15.9. The third-order valence-electron chi connectivity index (χ3n) is 2.39. The van der Waals surface area contributed by atoms with Crippen LogP contribution in [-0.2, 0) is 0 Å². The molecule has 0 radical (unpaired) electrons. The number of halogens is 2. The van der Waals surface area contributed by atoms with Crippen molar-refractivity contribution in [2.45, 2.75) is 0 Å². The molecule has 0 aliphatic heterocycles. The number of rotatable bonds is 3. The molecule has 1 amide bonds. The minimum Gasteiger partial charge on any atom is -0.480 e. The van der Waals surface area contributed by atoms with Gasteiger partial charge in [-0.05, 0) is 30.3 Å². The number of carbonyl (C=O) groups excluding carboxylic acids is 1. The van der Waals surface area contributed by atoms with Crippen molar-refractivity contribution >= 4 is 27.5 Å². The fraction of sp³-hybridized carbons (Fsp3) is 0.0769. The topological polar surface area (TPSA) is 51.2 Å². The standard InChI is InChI=1S/C13H10BrFN2O2/c1-19-13-11(3-2-6-16-13)17-12(18)9-7-8(14)4-5-10(9)15/h2-7H,1H3,(H,17,18). The number of nitrogens with zero attached hydrogens (tertiary/aromatic N) is 1. The number of amides is 1. The summed E-state index contributed by atoms with van der Waals surface area (Å²) in [6.07, 6.45) is 1.54. The molecule has 6 heteroatoms. The van der Waals surface area contributed by atoms with E-state index in [9.17, 15) is 9.18 Å². The van der Waals surface area contributed by atoms with Crippen LogP contribution >= 0.6 is 15.9 Å². The van der Waals surface area contributed by atoms with Gasteiger partial charge in [-0.15, -0.1) is 0 Å². The van der Waals surface area contributed by atoms with E-state index in [2.05, 4.69) is 26.2 Å². The highest BCUT2D eigenvalue weighted by Gasteiger charge is 2.14. The first kappa shape index (κ1) is 13.5. The van der Waals surface area contributed by atoms with E-state index in [1.54, 1.807) is 12.1 Å². The van der Waals surface area contributed by atoms with Gasteiger partial charge in [0.15, 0.2) is 0 Å². The number of carbonyl (C=O) groups is 1. The van der Waals surface area contributed by atoms with Crippen LogP contribution in [0.15, 0.2) is 41.0 Å². The predicted octanol–water partition coefficient (Wildman–Crippen LogP) is 3.24. The van der Waals surface area contributed by atoms with E-state index in [0.29, 0.717) is 10.2 Å². The third-order valence-corrected chi connectivity index (χ3v) is 2.88. The van der Waals surface area contributed by atoms with Crippen LogP contribution in [0.5, 0.6) is 5.88 Å². The molecule has 1 heterocycles. The summed E-state index contributed by atoms with van der Waals surface area (Å²) in [5, 5.41) is 2.56. The van der Waals surface area contributed by atoms with E-state index in [1.165, 1.54) is 31.5 Å². The lowest BCUT2D eigenvalue weighted by atomic mass is 10.2. The van der Waals surface area contributed by atoms with Crippen LogP contribution in [0.1, 0.15) is 10.4 Å². The molecule has 1 aromatic carbocycles. The van der Waals surface area contributed by atoms with Gasteiger partial charge in [0.2, 0.25) is 5.88 Å². The lowest BCUT2D eigenvalue weighted by Crippen LogP contribution is -2.14. The summed E-state index contributed by atoms with van der Waals surface area (Å²) in [5.74, 6) is -0.889. The number of nitrogens with one attached hydrogen (secondary N) is 1. The molecule has 19 heavy (non-hydrogen) atoms. The lowest BCUT2D eigenvalue weighted by Gasteiger charge is -2.09. The first-order chi connectivity index (χ1) is 9.11. The van der Waals surface area contributed by atoms with Crippen LogP contribution in [0.2, 0.25) is 0 Å². The first-order valence-corrected chi connectivity index (χ1v) is 6.16. The normalized spacial score (nSPS) is 10.1. The van der Waals surface area contributed by atoms with Crippen LogP contribution in [0, 0.1) is 5.82 Å². The molecular weight excluding hydrogens is 315 g/mol. The Labute approximate surface area is 117 Å². The molecule has 0 saturated heterocycles. The Kier molecular flexibility index (Phi) is 4.11. The second-order valence-corrected chi connectivity index (χ2v) is 4.55. The van der Waals surface area contributed by atoms with Crippen LogP contribution < -0.4 is 10.1 Å². The molecule has 1 N–H and O–H groups in total. The maximum atomic E-state index is 13.6. The second-order valence-electron chi connectivity index (χ2n) is 3.64. The van der Waals surface area contributed by atoms with Crippen molar-refractivity contribution in [1.29, 1.82) is 0 Å². The Morgan fingerprint density at radius 1 is 1.42 bits per heavy atom. The zero-order chi connectivity index (χ0) is 13.8. The number of pyridine rings is 1. The molecule has 0 saturated carbocycles. The summed E-state index contributed by atoms with van der Waals surface area (Å²) in [5.41, 5.74) is 0.328. The highest BCUT2D eigenvalue weighted by atomic mass is 79.9. The van der Waals surface area contributed by atoms with Gasteiger partial charge in [0.05, 0.1) is 12.7 Å². The van der Waals surface area contributed by atoms with E-state index in [1.807, 2.05) is 0 Å². The van der Waals surface area contributed by atoms with E-state index in [0.717, 1.165) is 0 Å². The molecular formula is C13H10BrFN2O2. The number of anilines is 1. The fourth-order valence-electron chi connectivity index (χ4n) is 1.51. The largest absolute Gasteiger partial charge is 0.480 e. The van der Waals surface area contributed by atoms with Crippen LogP contribution in [-0.4, -0.2) is 18.0 Å². The van der Waals surface area contributed by atoms with Gasteiger partial charge in [-0.1, -0.05) is 15.9 Å². The molecule has 0 unspecified atom stereocenters. The highest BCUT2D eigenvalue weighted by molar-refractivity contribution is 9.10. The molecule has 0 spiro atoms. The molecule has 0 atom stereocenters. The number of ether oxygens (including phenoxy) is 1. The SMILES string of the molecule is COc1ncccc1NC(=O)c1cc(Br)ccc1F. The quantitative estimate of drug-likeness (QED) is 0.942. The number of hydrogen-bond acceptors (Lipinski definition) is 3. The molecule has 1 aromatic heterocycles. The molecule has 4 nitrogen and oxygen atoms in total. The molecule has 0 aliphatic rings. The smallest absolute Gasteiger partial charge is 0.258 e. The van der Waals surface area contributed by atoms with Crippen molar-refractivity contribution in [2.75, 3.05) is 12.4 Å². The van der Waals surface area contributed by atoms with Gasteiger partial charge < -0.3 is 10.1 Å². The number of aromatic nitrogens is 1. The molecule has 0 bridgehead atoms. The van der Waals surface area contributed by atoms with Crippen LogP contribution in [0.4, 0.5) is 10.1 Å². The average Bonchev–Trinajstić information content (AvgIpc) is 2.42. The van der Waals surface area contributed by atoms with Crippen molar-refractivity contribution in [3.05, 3.63) is 52.4 Å². The van der Waals surface area contributed by atoms with E-state index in [-0.39, 0.29) is 11.4 Å². The summed E-state index contributed by atoms with van der Waals surface area (Å²) >= 11 is 3.19. The summed E-state index contributed by atoms with van der Waals surface area (Å²) < 4.78 is 19.2. The highest BCUT2D eigenvalue weighted by Crippen LogP contribution is 2.22. The van der Waals surface area contributed by atoms with Crippen molar-refractivity contribution in [3.8, 4) is 5.88 Å². The van der Waals surface area contributed by atoms with Gasteiger partial charge in [-0.3, -0.25) is 4.79 Å². The van der Waals surface area contributed by atoms with Crippen molar-refractivity contribution in [3.63, 3.8) is 0 Å². The van der Waals surface area contributed by atoms with Gasteiger partial charge >= 0.3 is 0 Å². The zero-order valence-corrected chi connectivity index (χ0v) is 11.6. The van der Waals surface area contributed by atoms with Crippen molar-refractivity contribution in [1.82, 2.24) is 4.98 Å². The average molecular weight is 325 g/mol. The number of benzene rings is 1. The maximum absolute atomic E-state index is 13.6. The second kappa shape index (κ2) is 5.79. The van der Waals surface area contributed by atoms with Gasteiger partial charge in [0.1, 0.15) is 11.5 Å². The third kappa shape index (κ3) is 3.08. The Balaban J connectivity index is 2.28. The van der Waals surface area contributed by atoms with E-state index >= 15 is 0 Å². The van der Waals surface area contributed by atoms with E-state index in [4.69, 9.17) is 4.74 Å². The van der Waals surface area contributed by atoms with Crippen molar-refractivity contribution < 1.29 is 13.9 Å². The maximum Gasteiger partial charge on any atom is 0.258 e. The van der Waals surface area contributed by atoms with Crippen LogP contribution in [0.3, 0.4) is 0 Å². The van der Waals surface area contributed by atoms with Gasteiger partial charge in [0.25, 0.3) is 5.91 Å². The Morgan fingerprint density at radius 2 is 2.21 bits per heavy atom. The monoisotopic (exact) mass is 324 g/mol. The number of hydrogen-bond donors (Lipinski definition) is 1. The Morgan fingerprint density at radius 3 is 2.95 bits per heavy atom. The summed E-state index contributed by atoms with van der Waals surface area (Å²) in [7, 11) is 1.44. The predicted molar refractivity (Wildman–Crippen MR) is 72.8 cm³/mol. The lowest BCUT2D eigenvalue weighted by molar-refractivity contribution is 0.102. The first-order valence-electron chi connectivity index (χ1n) is 5.37. The molecule has 0 fully saturated rings. The fourth-order valence-corrected chi connectivity index (χ4v) is 1.87. The van der Waals surface area contributed by atoms with E-state index < -0.39 is 11.7 Å². The van der Waals surface area contributed by atoms with Crippen molar-refractivity contribution in [2.24, 2.45) is 0 Å². The Bertz CT molecular complexity index is 619. The molecule has 0 aliphatic carbocycles. The number of methoxy groups -OCH3 is 1. The summed E-state index contributed by atoms with van der Waals surface area (Å²) in [6.45, 7) is 0. The molecule has 2 aromatic rings. The van der Waals surface area contributed by atoms with Gasteiger partial charge in [0, 0.05) is 10.7 Å². The summed E-state index contributed by atoms with van der Waals surface area (Å²) in [6, 6.07) is 7.43. The van der Waals surface area contributed by atoms with Crippen LogP contribution in [0.25, 0.3) is 0 Å². The molecule has 2 rings (SSSR count).